The van der Waals surface area contributed by atoms with Gasteiger partial charge in [0, 0.05) is 5.75 Å². The Morgan fingerprint density at radius 2 is 2.06 bits per heavy atom. The molecule has 100 valence electrons. The van der Waals surface area contributed by atoms with E-state index in [0.29, 0.717) is 5.75 Å². The van der Waals surface area contributed by atoms with Crippen LogP contribution in [0.3, 0.4) is 0 Å². The molecule has 1 atom stereocenters. The second-order valence-electron chi connectivity index (χ2n) is 4.15. The number of esters is 1. The molecule has 0 fully saturated rings. The molecule has 0 heterocycles. The third-order valence-corrected chi connectivity index (χ3v) is 3.82. The lowest BCUT2D eigenvalue weighted by Crippen LogP contribution is -2.33. The average molecular weight is 267 g/mol. The predicted octanol–water partition coefficient (Wildman–Crippen LogP) is 2.24. The lowest BCUT2D eigenvalue weighted by Gasteiger charge is -2.08. The SMILES string of the molecule is COC(=O)C(N)CSCCCCc1ccccc1. The quantitative estimate of drug-likeness (QED) is 0.580. The number of rotatable bonds is 8. The van der Waals surface area contributed by atoms with Crippen molar-refractivity contribution in [2.75, 3.05) is 18.6 Å². The van der Waals surface area contributed by atoms with E-state index in [9.17, 15) is 4.79 Å². The molecule has 1 aromatic rings. The molecule has 1 unspecified atom stereocenters. The molecule has 0 aliphatic carbocycles. The Hall–Kier alpha value is -1.00. The van der Waals surface area contributed by atoms with E-state index in [0.717, 1.165) is 18.6 Å². The van der Waals surface area contributed by atoms with Gasteiger partial charge in [0.1, 0.15) is 6.04 Å². The van der Waals surface area contributed by atoms with Crippen molar-refractivity contribution in [2.24, 2.45) is 5.73 Å². The number of thioether (sulfide) groups is 1. The fraction of sp³-hybridized carbons (Fsp3) is 0.500. The van der Waals surface area contributed by atoms with E-state index in [-0.39, 0.29) is 5.97 Å². The van der Waals surface area contributed by atoms with Gasteiger partial charge in [-0.3, -0.25) is 4.79 Å². The minimum atomic E-state index is -0.492. The molecule has 0 aliphatic rings. The lowest BCUT2D eigenvalue weighted by atomic mass is 10.1. The van der Waals surface area contributed by atoms with Crippen molar-refractivity contribution in [3.63, 3.8) is 0 Å². The number of hydrogen-bond acceptors (Lipinski definition) is 4. The molecular formula is C14H21NO2S. The van der Waals surface area contributed by atoms with Gasteiger partial charge in [-0.05, 0) is 30.6 Å². The molecule has 18 heavy (non-hydrogen) atoms. The largest absolute Gasteiger partial charge is 0.468 e. The molecule has 4 heteroatoms. The van der Waals surface area contributed by atoms with Crippen LogP contribution in [0.1, 0.15) is 18.4 Å². The van der Waals surface area contributed by atoms with Crippen molar-refractivity contribution in [1.82, 2.24) is 0 Å². The summed E-state index contributed by atoms with van der Waals surface area (Å²) < 4.78 is 4.57. The third kappa shape index (κ3) is 6.07. The summed E-state index contributed by atoms with van der Waals surface area (Å²) in [5.41, 5.74) is 7.02. The first-order valence-electron chi connectivity index (χ1n) is 6.19. The number of methoxy groups -OCH3 is 1. The number of hydrogen-bond donors (Lipinski definition) is 1. The van der Waals surface area contributed by atoms with Crippen LogP contribution in [0, 0.1) is 0 Å². The summed E-state index contributed by atoms with van der Waals surface area (Å²) in [5.74, 6) is 1.35. The maximum absolute atomic E-state index is 11.1. The van der Waals surface area contributed by atoms with Crippen molar-refractivity contribution >= 4 is 17.7 Å². The number of ether oxygens (including phenoxy) is 1. The van der Waals surface area contributed by atoms with Gasteiger partial charge in [0.05, 0.1) is 7.11 Å². The van der Waals surface area contributed by atoms with E-state index in [4.69, 9.17) is 5.73 Å². The minimum absolute atomic E-state index is 0.327. The summed E-state index contributed by atoms with van der Waals surface area (Å²) in [5, 5.41) is 0. The van der Waals surface area contributed by atoms with Crippen LogP contribution in [0.4, 0.5) is 0 Å². The topological polar surface area (TPSA) is 52.3 Å². The first kappa shape index (κ1) is 15.1. The normalized spacial score (nSPS) is 12.1. The van der Waals surface area contributed by atoms with E-state index in [1.54, 1.807) is 11.8 Å². The van der Waals surface area contributed by atoms with Crippen LogP contribution in [-0.2, 0) is 16.0 Å². The number of carbonyl (C=O) groups excluding carboxylic acids is 1. The summed E-state index contributed by atoms with van der Waals surface area (Å²) in [7, 11) is 1.37. The minimum Gasteiger partial charge on any atom is -0.468 e. The molecule has 3 nitrogen and oxygen atoms in total. The molecule has 0 bridgehead atoms. The molecule has 1 rings (SSSR count). The molecule has 1 aromatic carbocycles. The summed E-state index contributed by atoms with van der Waals surface area (Å²) in [4.78, 5) is 11.1. The predicted molar refractivity (Wildman–Crippen MR) is 76.7 cm³/mol. The van der Waals surface area contributed by atoms with Gasteiger partial charge in [-0.25, -0.2) is 0 Å². The maximum atomic E-state index is 11.1. The highest BCUT2D eigenvalue weighted by atomic mass is 32.2. The number of carbonyl (C=O) groups is 1. The van der Waals surface area contributed by atoms with E-state index in [1.807, 2.05) is 6.07 Å². The Morgan fingerprint density at radius 1 is 1.33 bits per heavy atom. The molecule has 2 N–H and O–H groups in total. The third-order valence-electron chi connectivity index (χ3n) is 2.65. The zero-order chi connectivity index (χ0) is 13.2. The molecule has 0 amide bonds. The fourth-order valence-corrected chi connectivity index (χ4v) is 2.57. The van der Waals surface area contributed by atoms with Crippen LogP contribution in [0.15, 0.2) is 30.3 Å². The number of benzene rings is 1. The van der Waals surface area contributed by atoms with Gasteiger partial charge in [-0.1, -0.05) is 30.3 Å². The van der Waals surface area contributed by atoms with Gasteiger partial charge in [0.2, 0.25) is 0 Å². The monoisotopic (exact) mass is 267 g/mol. The van der Waals surface area contributed by atoms with Crippen molar-refractivity contribution in [3.8, 4) is 0 Å². The highest BCUT2D eigenvalue weighted by Gasteiger charge is 2.12. The molecule has 0 spiro atoms. The highest BCUT2D eigenvalue weighted by Crippen LogP contribution is 2.09. The Labute approximate surface area is 113 Å². The van der Waals surface area contributed by atoms with Crippen LogP contribution in [-0.4, -0.2) is 30.6 Å². The molecule has 0 saturated carbocycles. The smallest absolute Gasteiger partial charge is 0.323 e. The van der Waals surface area contributed by atoms with Gasteiger partial charge < -0.3 is 10.5 Å². The Kier molecular flexibility index (Phi) is 7.53. The van der Waals surface area contributed by atoms with Crippen LogP contribution < -0.4 is 5.73 Å². The molecular weight excluding hydrogens is 246 g/mol. The van der Waals surface area contributed by atoms with Gasteiger partial charge in [0.25, 0.3) is 0 Å². The van der Waals surface area contributed by atoms with E-state index in [1.165, 1.54) is 19.1 Å². The van der Waals surface area contributed by atoms with Crippen LogP contribution in [0.2, 0.25) is 0 Å². The second kappa shape index (κ2) is 9.00. The van der Waals surface area contributed by atoms with Gasteiger partial charge in [-0.15, -0.1) is 0 Å². The van der Waals surface area contributed by atoms with Gasteiger partial charge >= 0.3 is 5.97 Å². The molecule has 0 radical (unpaired) electrons. The van der Waals surface area contributed by atoms with Gasteiger partial charge in [0.15, 0.2) is 0 Å². The number of nitrogens with two attached hydrogens (primary N) is 1. The zero-order valence-electron chi connectivity index (χ0n) is 10.8. The number of aryl methyl sites for hydroxylation is 1. The average Bonchev–Trinajstić information content (AvgIpc) is 2.42. The maximum Gasteiger partial charge on any atom is 0.323 e. The Bertz CT molecular complexity index is 343. The summed E-state index contributed by atoms with van der Waals surface area (Å²) in [6.07, 6.45) is 3.43. The van der Waals surface area contributed by atoms with E-state index >= 15 is 0 Å². The first-order chi connectivity index (χ1) is 8.74. The van der Waals surface area contributed by atoms with Crippen molar-refractivity contribution in [3.05, 3.63) is 35.9 Å². The summed E-state index contributed by atoms with van der Waals surface area (Å²) in [6.45, 7) is 0. The highest BCUT2D eigenvalue weighted by molar-refractivity contribution is 7.99. The number of unbranched alkanes of at least 4 members (excludes halogenated alkanes) is 1. The fourth-order valence-electron chi connectivity index (χ4n) is 1.61. The Balaban J connectivity index is 2.01. The molecule has 0 saturated heterocycles. The van der Waals surface area contributed by atoms with Crippen molar-refractivity contribution in [1.29, 1.82) is 0 Å². The van der Waals surface area contributed by atoms with Crippen molar-refractivity contribution in [2.45, 2.75) is 25.3 Å². The molecule has 0 aliphatic heterocycles. The van der Waals surface area contributed by atoms with Crippen LogP contribution >= 0.6 is 11.8 Å². The van der Waals surface area contributed by atoms with Crippen LogP contribution in [0.5, 0.6) is 0 Å². The Morgan fingerprint density at radius 3 is 2.72 bits per heavy atom. The second-order valence-corrected chi connectivity index (χ2v) is 5.30. The molecule has 0 aromatic heterocycles. The lowest BCUT2D eigenvalue weighted by molar-refractivity contribution is -0.141. The van der Waals surface area contributed by atoms with E-state index < -0.39 is 6.04 Å². The summed E-state index contributed by atoms with van der Waals surface area (Å²) in [6, 6.07) is 9.99. The summed E-state index contributed by atoms with van der Waals surface area (Å²) >= 11 is 1.71. The van der Waals surface area contributed by atoms with E-state index in [2.05, 4.69) is 29.0 Å². The van der Waals surface area contributed by atoms with Crippen LogP contribution in [0.25, 0.3) is 0 Å². The van der Waals surface area contributed by atoms with Crippen molar-refractivity contribution < 1.29 is 9.53 Å². The first-order valence-corrected chi connectivity index (χ1v) is 7.34. The standard InChI is InChI=1S/C14H21NO2S/c1-17-14(16)13(15)11-18-10-6-5-9-12-7-3-2-4-8-12/h2-4,7-8,13H,5-6,9-11,15H2,1H3. The zero-order valence-corrected chi connectivity index (χ0v) is 11.6. The van der Waals surface area contributed by atoms with Gasteiger partial charge in [-0.2, -0.15) is 11.8 Å².